The number of hydrogen-bond acceptors (Lipinski definition) is 4. The molecule has 5 nitrogen and oxygen atoms in total. The molecule has 2 aromatic heterocycles. The van der Waals surface area contributed by atoms with Gasteiger partial charge in [-0.2, -0.15) is 0 Å². The van der Waals surface area contributed by atoms with Crippen LogP contribution >= 0.6 is 34.5 Å². The lowest BCUT2D eigenvalue weighted by atomic mass is 10.1. The van der Waals surface area contributed by atoms with Crippen molar-refractivity contribution in [2.75, 3.05) is 18.4 Å². The monoisotopic (exact) mass is 394 g/mol. The number of carbonyl (C=O) groups excluding carboxylic acids is 1. The molecule has 1 aromatic carbocycles. The predicted molar refractivity (Wildman–Crippen MR) is 103 cm³/mol. The maximum Gasteiger partial charge on any atom is 0.246 e. The Morgan fingerprint density at radius 2 is 2.16 bits per heavy atom. The molecule has 0 fully saturated rings. The van der Waals surface area contributed by atoms with Gasteiger partial charge >= 0.3 is 0 Å². The van der Waals surface area contributed by atoms with E-state index in [1.807, 2.05) is 11.4 Å². The topological polar surface area (TPSA) is 59.0 Å². The van der Waals surface area contributed by atoms with Crippen LogP contribution in [0, 0.1) is 0 Å². The minimum atomic E-state index is -0.0991. The predicted octanol–water partition coefficient (Wildman–Crippen LogP) is 3.73. The van der Waals surface area contributed by atoms with E-state index in [2.05, 4.69) is 20.2 Å². The largest absolute Gasteiger partial charge is 0.335 e. The molecular weight excluding hydrogens is 379 g/mol. The molecule has 0 bridgehead atoms. The zero-order valence-corrected chi connectivity index (χ0v) is 15.6. The van der Waals surface area contributed by atoms with Crippen molar-refractivity contribution >= 4 is 56.5 Å². The number of nitrogens with zero attached hydrogens (tertiary/aromatic N) is 2. The minimum absolute atomic E-state index is 0.0991. The molecule has 0 spiro atoms. The van der Waals surface area contributed by atoms with Crippen LogP contribution in [0.5, 0.6) is 0 Å². The smallest absolute Gasteiger partial charge is 0.246 e. The van der Waals surface area contributed by atoms with Gasteiger partial charge in [0.25, 0.3) is 0 Å². The third-order valence-corrected chi connectivity index (χ3v) is 5.90. The van der Waals surface area contributed by atoms with Crippen LogP contribution < -0.4 is 10.6 Å². The highest BCUT2D eigenvalue weighted by Gasteiger charge is 2.23. The number of rotatable bonds is 3. The highest BCUT2D eigenvalue weighted by molar-refractivity contribution is 7.13. The van der Waals surface area contributed by atoms with Gasteiger partial charge in [-0.3, -0.25) is 4.79 Å². The second-order valence-corrected chi connectivity index (χ2v) is 7.58. The van der Waals surface area contributed by atoms with Crippen molar-refractivity contribution in [3.05, 3.63) is 45.0 Å². The van der Waals surface area contributed by atoms with Gasteiger partial charge in [0.15, 0.2) is 5.13 Å². The molecule has 1 amide bonds. The number of nitrogens with one attached hydrogen (secondary N) is 2. The SMILES string of the molecule is O=C(Cn1c2c(c3c(Cl)c(Cl)ccc31)CCNCC2)Nc1nccs1. The summed E-state index contributed by atoms with van der Waals surface area (Å²) < 4.78 is 2.06. The maximum absolute atomic E-state index is 12.5. The van der Waals surface area contributed by atoms with Gasteiger partial charge in [0, 0.05) is 35.6 Å². The number of amides is 1. The molecule has 8 heteroatoms. The third-order valence-electron chi connectivity index (χ3n) is 4.41. The standard InChI is InChI=1S/C17H16Cl2N4OS/c18-11-1-2-13-15(16(11)19)10-3-5-20-6-4-12(10)23(13)9-14(24)22-17-21-7-8-25-17/h1-2,7-8,20H,3-6,9H2,(H,21,22,24). The van der Waals surface area contributed by atoms with Gasteiger partial charge in [0.2, 0.25) is 5.91 Å². The van der Waals surface area contributed by atoms with Gasteiger partial charge in [-0.1, -0.05) is 23.2 Å². The van der Waals surface area contributed by atoms with E-state index in [0.29, 0.717) is 15.2 Å². The van der Waals surface area contributed by atoms with Gasteiger partial charge in [-0.15, -0.1) is 11.3 Å². The summed E-state index contributed by atoms with van der Waals surface area (Å²) in [4.78, 5) is 16.6. The number of carbonyl (C=O) groups is 1. The molecule has 4 rings (SSSR count). The summed E-state index contributed by atoms with van der Waals surface area (Å²) in [6.45, 7) is 1.99. The van der Waals surface area contributed by atoms with Crippen molar-refractivity contribution in [1.29, 1.82) is 0 Å². The Hall–Kier alpha value is -1.60. The average molecular weight is 395 g/mol. The van der Waals surface area contributed by atoms with E-state index in [9.17, 15) is 4.79 Å². The first-order chi connectivity index (χ1) is 12.1. The van der Waals surface area contributed by atoms with Crippen molar-refractivity contribution in [3.8, 4) is 0 Å². The Morgan fingerprint density at radius 1 is 1.32 bits per heavy atom. The fraction of sp³-hybridized carbons (Fsp3) is 0.294. The second kappa shape index (κ2) is 6.96. The lowest BCUT2D eigenvalue weighted by Gasteiger charge is -2.10. The first-order valence-electron chi connectivity index (χ1n) is 8.03. The molecular formula is C17H16Cl2N4OS. The Kier molecular flexibility index (Phi) is 4.69. The molecule has 3 heterocycles. The van der Waals surface area contributed by atoms with Crippen LogP contribution in [0.15, 0.2) is 23.7 Å². The van der Waals surface area contributed by atoms with Crippen LogP contribution in [0.2, 0.25) is 10.0 Å². The third kappa shape index (κ3) is 3.15. The fourth-order valence-corrected chi connectivity index (χ4v) is 4.35. The average Bonchev–Trinajstić information content (AvgIpc) is 3.11. The number of benzene rings is 1. The Labute approximate surface area is 159 Å². The van der Waals surface area contributed by atoms with Gasteiger partial charge in [0.05, 0.1) is 15.6 Å². The summed E-state index contributed by atoms with van der Waals surface area (Å²) in [5.41, 5.74) is 3.29. The van der Waals surface area contributed by atoms with Crippen molar-refractivity contribution in [1.82, 2.24) is 14.9 Å². The lowest BCUT2D eigenvalue weighted by Crippen LogP contribution is -2.21. The first kappa shape index (κ1) is 16.8. The molecule has 25 heavy (non-hydrogen) atoms. The van der Waals surface area contributed by atoms with Crippen LogP contribution in [0.3, 0.4) is 0 Å². The molecule has 1 aliphatic rings. The number of halogens is 2. The summed E-state index contributed by atoms with van der Waals surface area (Å²) in [6.07, 6.45) is 3.39. The zero-order chi connectivity index (χ0) is 17.4. The Bertz CT molecular complexity index is 936. The van der Waals surface area contributed by atoms with Crippen LogP contribution in [-0.4, -0.2) is 28.5 Å². The van der Waals surface area contributed by atoms with Crippen LogP contribution in [0.25, 0.3) is 10.9 Å². The van der Waals surface area contributed by atoms with Crippen LogP contribution in [0.4, 0.5) is 5.13 Å². The van der Waals surface area contributed by atoms with E-state index < -0.39 is 0 Å². The van der Waals surface area contributed by atoms with Crippen LogP contribution in [-0.2, 0) is 24.2 Å². The van der Waals surface area contributed by atoms with Crippen molar-refractivity contribution in [2.24, 2.45) is 0 Å². The number of hydrogen-bond donors (Lipinski definition) is 2. The highest BCUT2D eigenvalue weighted by atomic mass is 35.5. The maximum atomic E-state index is 12.5. The quantitative estimate of drug-likeness (QED) is 0.711. The molecule has 2 N–H and O–H groups in total. The summed E-state index contributed by atoms with van der Waals surface area (Å²) in [6, 6.07) is 3.74. The minimum Gasteiger partial charge on any atom is -0.335 e. The molecule has 0 radical (unpaired) electrons. The van der Waals surface area contributed by atoms with Gasteiger partial charge in [-0.05, 0) is 30.7 Å². The number of anilines is 1. The number of fused-ring (bicyclic) bond motifs is 3. The van der Waals surface area contributed by atoms with E-state index in [4.69, 9.17) is 23.2 Å². The molecule has 0 aliphatic carbocycles. The zero-order valence-electron chi connectivity index (χ0n) is 13.3. The van der Waals surface area contributed by atoms with Gasteiger partial charge < -0.3 is 15.2 Å². The van der Waals surface area contributed by atoms with Crippen LogP contribution in [0.1, 0.15) is 11.3 Å². The van der Waals surface area contributed by atoms with E-state index in [1.165, 1.54) is 16.9 Å². The van der Waals surface area contributed by atoms with E-state index in [0.717, 1.165) is 42.5 Å². The molecule has 1 aliphatic heterocycles. The van der Waals surface area contributed by atoms with E-state index in [-0.39, 0.29) is 12.5 Å². The summed E-state index contributed by atoms with van der Waals surface area (Å²) in [5, 5.41) is 10.8. The van der Waals surface area contributed by atoms with Crippen molar-refractivity contribution in [3.63, 3.8) is 0 Å². The van der Waals surface area contributed by atoms with E-state index in [1.54, 1.807) is 12.3 Å². The molecule has 0 saturated carbocycles. The normalized spacial score (nSPS) is 14.3. The molecule has 130 valence electrons. The first-order valence-corrected chi connectivity index (χ1v) is 9.66. The van der Waals surface area contributed by atoms with E-state index >= 15 is 0 Å². The Morgan fingerprint density at radius 3 is 2.96 bits per heavy atom. The van der Waals surface area contributed by atoms with Crippen molar-refractivity contribution < 1.29 is 4.79 Å². The highest BCUT2D eigenvalue weighted by Crippen LogP contribution is 2.37. The summed E-state index contributed by atoms with van der Waals surface area (Å²) >= 11 is 14.1. The van der Waals surface area contributed by atoms with Gasteiger partial charge in [-0.25, -0.2) is 4.98 Å². The number of thiazole rings is 1. The lowest BCUT2D eigenvalue weighted by molar-refractivity contribution is -0.116. The summed E-state index contributed by atoms with van der Waals surface area (Å²) in [5.74, 6) is -0.0991. The Balaban J connectivity index is 1.78. The molecule has 0 saturated heterocycles. The summed E-state index contributed by atoms with van der Waals surface area (Å²) in [7, 11) is 0. The van der Waals surface area contributed by atoms with Crippen molar-refractivity contribution in [2.45, 2.75) is 19.4 Å². The fourth-order valence-electron chi connectivity index (χ4n) is 3.37. The second-order valence-electron chi connectivity index (χ2n) is 5.90. The molecule has 0 unspecified atom stereocenters. The molecule has 3 aromatic rings. The van der Waals surface area contributed by atoms with Gasteiger partial charge in [0.1, 0.15) is 6.54 Å². The molecule has 0 atom stereocenters. The number of aromatic nitrogens is 2.